The summed E-state index contributed by atoms with van der Waals surface area (Å²) in [6.07, 6.45) is -0.794. The van der Waals surface area contributed by atoms with Crippen molar-refractivity contribution in [2.75, 3.05) is 23.3 Å². The van der Waals surface area contributed by atoms with E-state index in [-0.39, 0.29) is 0 Å². The zero-order chi connectivity index (χ0) is 17.6. The van der Waals surface area contributed by atoms with Gasteiger partial charge in [-0.3, -0.25) is 0 Å². The zero-order valence-electron chi connectivity index (χ0n) is 12.9. The summed E-state index contributed by atoms with van der Waals surface area (Å²) >= 11 is 1.24. The van der Waals surface area contributed by atoms with Crippen molar-refractivity contribution in [3.8, 4) is 0 Å². The van der Waals surface area contributed by atoms with Gasteiger partial charge < -0.3 is 10.2 Å². The molecule has 1 N–H and O–H groups in total. The molecule has 0 amide bonds. The molecule has 128 valence electrons. The fourth-order valence-electron chi connectivity index (χ4n) is 1.95. The Balaban J connectivity index is 1.97. The predicted molar refractivity (Wildman–Crippen MR) is 91.3 cm³/mol. The number of alkyl halides is 3. The quantitative estimate of drug-likeness (QED) is 0.716. The van der Waals surface area contributed by atoms with E-state index in [1.54, 1.807) is 12.2 Å². The van der Waals surface area contributed by atoms with E-state index in [0.29, 0.717) is 31.1 Å². The lowest BCUT2D eigenvalue weighted by Crippen LogP contribution is -2.22. The van der Waals surface area contributed by atoms with Gasteiger partial charge in [-0.25, -0.2) is 0 Å². The Morgan fingerprint density at radius 3 is 2.29 bits per heavy atom. The molecule has 8 heteroatoms. The summed E-state index contributed by atoms with van der Waals surface area (Å²) in [6, 6.07) is 5.00. The molecule has 0 saturated carbocycles. The van der Waals surface area contributed by atoms with Gasteiger partial charge in [0.05, 0.1) is 5.56 Å². The number of rotatable bonds is 8. The van der Waals surface area contributed by atoms with Crippen LogP contribution in [0.2, 0.25) is 0 Å². The maximum absolute atomic E-state index is 12.5. The van der Waals surface area contributed by atoms with Crippen LogP contribution in [0.25, 0.3) is 0 Å². The molecule has 24 heavy (non-hydrogen) atoms. The Morgan fingerprint density at radius 1 is 1.12 bits per heavy atom. The van der Waals surface area contributed by atoms with Crippen molar-refractivity contribution in [2.24, 2.45) is 0 Å². The molecular formula is C16H17F3N4S. The van der Waals surface area contributed by atoms with Gasteiger partial charge in [0.1, 0.15) is 0 Å². The number of anilines is 2. The highest BCUT2D eigenvalue weighted by atomic mass is 32.1. The second-order valence-electron chi connectivity index (χ2n) is 4.93. The molecule has 2 rings (SSSR count). The Hall–Kier alpha value is -2.35. The van der Waals surface area contributed by atoms with Gasteiger partial charge in [-0.2, -0.15) is 22.5 Å². The fourth-order valence-corrected chi connectivity index (χ4v) is 2.62. The maximum atomic E-state index is 12.5. The molecule has 0 fully saturated rings. The molecule has 1 heterocycles. The van der Waals surface area contributed by atoms with Crippen LogP contribution >= 0.6 is 11.5 Å². The monoisotopic (exact) mass is 354 g/mol. The van der Waals surface area contributed by atoms with Crippen molar-refractivity contribution >= 4 is 22.6 Å². The van der Waals surface area contributed by atoms with Crippen LogP contribution in [0.4, 0.5) is 24.3 Å². The van der Waals surface area contributed by atoms with Crippen molar-refractivity contribution in [2.45, 2.75) is 12.7 Å². The molecule has 0 saturated heterocycles. The number of halogens is 3. The second-order valence-corrected chi connectivity index (χ2v) is 5.66. The summed E-state index contributed by atoms with van der Waals surface area (Å²) in [6.45, 7) is 8.99. The van der Waals surface area contributed by atoms with Crippen LogP contribution in [0.5, 0.6) is 0 Å². The average Bonchev–Trinajstić information content (AvgIpc) is 3.01. The van der Waals surface area contributed by atoms with Gasteiger partial charge >= 0.3 is 6.18 Å². The standard InChI is InChI=1S/C16H17F3N4S/c1-3-9-23(10-4-2)15-21-14(22-24-15)20-11-12-5-7-13(8-6-12)16(17,18)19/h3-8H,1-2,9-11H2,(H,20,22). The van der Waals surface area contributed by atoms with Crippen molar-refractivity contribution < 1.29 is 13.2 Å². The summed E-state index contributed by atoms with van der Waals surface area (Å²) in [5.41, 5.74) is 0.0539. The van der Waals surface area contributed by atoms with Crippen molar-refractivity contribution in [1.82, 2.24) is 9.36 Å². The van der Waals surface area contributed by atoms with Crippen LogP contribution in [0.1, 0.15) is 11.1 Å². The predicted octanol–water partition coefficient (Wildman–Crippen LogP) is 4.35. The first-order valence-electron chi connectivity index (χ1n) is 7.14. The molecule has 0 aliphatic rings. The third kappa shape index (κ3) is 4.82. The molecule has 0 spiro atoms. The minimum atomic E-state index is -4.32. The van der Waals surface area contributed by atoms with E-state index in [2.05, 4.69) is 27.8 Å². The van der Waals surface area contributed by atoms with E-state index in [4.69, 9.17) is 0 Å². The van der Waals surface area contributed by atoms with Crippen LogP contribution in [0, 0.1) is 0 Å². The van der Waals surface area contributed by atoms with Crippen molar-refractivity contribution in [1.29, 1.82) is 0 Å². The fraction of sp³-hybridized carbons (Fsp3) is 0.250. The van der Waals surface area contributed by atoms with Gasteiger partial charge in [-0.1, -0.05) is 24.3 Å². The van der Waals surface area contributed by atoms with E-state index in [1.165, 1.54) is 23.7 Å². The van der Waals surface area contributed by atoms with E-state index >= 15 is 0 Å². The molecule has 0 unspecified atom stereocenters. The minimum Gasteiger partial charge on any atom is -0.349 e. The average molecular weight is 354 g/mol. The van der Waals surface area contributed by atoms with Gasteiger partial charge in [0, 0.05) is 31.2 Å². The number of nitrogens with zero attached hydrogens (tertiary/aromatic N) is 3. The van der Waals surface area contributed by atoms with Crippen LogP contribution < -0.4 is 10.2 Å². The van der Waals surface area contributed by atoms with E-state index in [0.717, 1.165) is 17.3 Å². The highest BCUT2D eigenvalue weighted by Crippen LogP contribution is 2.29. The largest absolute Gasteiger partial charge is 0.416 e. The Bertz CT molecular complexity index is 669. The highest BCUT2D eigenvalue weighted by molar-refractivity contribution is 7.09. The molecule has 1 aromatic carbocycles. The topological polar surface area (TPSA) is 41.1 Å². The lowest BCUT2D eigenvalue weighted by molar-refractivity contribution is -0.137. The number of hydrogen-bond acceptors (Lipinski definition) is 5. The molecule has 0 bridgehead atoms. The van der Waals surface area contributed by atoms with Crippen molar-refractivity contribution in [3.63, 3.8) is 0 Å². The van der Waals surface area contributed by atoms with Crippen LogP contribution in [-0.4, -0.2) is 22.4 Å². The van der Waals surface area contributed by atoms with Gasteiger partial charge in [0.25, 0.3) is 0 Å². The first-order valence-corrected chi connectivity index (χ1v) is 7.92. The molecule has 0 atom stereocenters. The summed E-state index contributed by atoms with van der Waals surface area (Å²) in [4.78, 5) is 6.33. The minimum absolute atomic E-state index is 0.344. The Morgan fingerprint density at radius 2 is 1.75 bits per heavy atom. The number of aromatic nitrogens is 2. The number of hydrogen-bond donors (Lipinski definition) is 1. The van der Waals surface area contributed by atoms with Gasteiger partial charge in [-0.05, 0) is 17.7 Å². The molecule has 0 radical (unpaired) electrons. The van der Waals surface area contributed by atoms with E-state index in [9.17, 15) is 13.2 Å². The van der Waals surface area contributed by atoms with E-state index in [1.807, 2.05) is 4.90 Å². The lowest BCUT2D eigenvalue weighted by atomic mass is 10.1. The summed E-state index contributed by atoms with van der Waals surface area (Å²) in [5, 5.41) is 3.73. The smallest absolute Gasteiger partial charge is 0.349 e. The lowest BCUT2D eigenvalue weighted by Gasteiger charge is -2.16. The second kappa shape index (κ2) is 7.96. The molecule has 0 aliphatic heterocycles. The van der Waals surface area contributed by atoms with Crippen molar-refractivity contribution in [3.05, 3.63) is 60.7 Å². The van der Waals surface area contributed by atoms with Gasteiger partial charge in [0.15, 0.2) is 0 Å². The van der Waals surface area contributed by atoms with E-state index < -0.39 is 11.7 Å². The molecule has 0 aliphatic carbocycles. The third-order valence-electron chi connectivity index (χ3n) is 3.12. The van der Waals surface area contributed by atoms with Crippen LogP contribution in [0.15, 0.2) is 49.6 Å². The summed E-state index contributed by atoms with van der Waals surface area (Å²) in [7, 11) is 0. The Kier molecular flexibility index (Phi) is 5.97. The highest BCUT2D eigenvalue weighted by Gasteiger charge is 2.29. The molecular weight excluding hydrogens is 337 g/mol. The third-order valence-corrected chi connectivity index (χ3v) is 3.89. The van der Waals surface area contributed by atoms with Gasteiger partial charge in [0.2, 0.25) is 11.1 Å². The summed E-state index contributed by atoms with van der Waals surface area (Å²) < 4.78 is 41.8. The number of benzene rings is 1. The summed E-state index contributed by atoms with van der Waals surface area (Å²) in [5.74, 6) is 0.438. The zero-order valence-corrected chi connectivity index (χ0v) is 13.7. The molecule has 1 aromatic heterocycles. The molecule has 4 nitrogen and oxygen atoms in total. The first-order chi connectivity index (χ1) is 11.4. The van der Waals surface area contributed by atoms with Crippen LogP contribution in [-0.2, 0) is 12.7 Å². The SMILES string of the molecule is C=CCN(CC=C)c1nc(NCc2ccc(C(F)(F)F)cc2)ns1. The maximum Gasteiger partial charge on any atom is 0.416 e. The normalized spacial score (nSPS) is 11.1. The van der Waals surface area contributed by atoms with Crippen LogP contribution in [0.3, 0.4) is 0 Å². The first kappa shape index (κ1) is 18.0. The number of nitrogens with one attached hydrogen (secondary N) is 1. The Labute approximate surface area is 142 Å². The van der Waals surface area contributed by atoms with Gasteiger partial charge in [-0.15, -0.1) is 13.2 Å². The molecule has 2 aromatic rings.